The minimum atomic E-state index is -0.403. The highest BCUT2D eigenvalue weighted by molar-refractivity contribution is 5.77. The SMILES string of the molecule is CCC(CN)C(=O)NO. The second-order valence-electron chi connectivity index (χ2n) is 1.82. The lowest BCUT2D eigenvalue weighted by molar-refractivity contribution is -0.133. The third-order valence-electron chi connectivity index (χ3n) is 1.26. The highest BCUT2D eigenvalue weighted by atomic mass is 16.5. The monoisotopic (exact) mass is 132 g/mol. The molecule has 0 aromatic carbocycles. The summed E-state index contributed by atoms with van der Waals surface area (Å²) in [6.07, 6.45) is 0.656. The predicted molar refractivity (Wildman–Crippen MR) is 32.8 cm³/mol. The van der Waals surface area contributed by atoms with Crippen LogP contribution in [0.3, 0.4) is 0 Å². The average molecular weight is 132 g/mol. The van der Waals surface area contributed by atoms with E-state index in [1.165, 1.54) is 0 Å². The summed E-state index contributed by atoms with van der Waals surface area (Å²) in [6, 6.07) is 0. The lowest BCUT2D eigenvalue weighted by atomic mass is 10.1. The van der Waals surface area contributed by atoms with Crippen molar-refractivity contribution in [3.8, 4) is 0 Å². The largest absolute Gasteiger partial charge is 0.330 e. The van der Waals surface area contributed by atoms with E-state index < -0.39 is 5.91 Å². The molecule has 0 aromatic rings. The van der Waals surface area contributed by atoms with E-state index in [9.17, 15) is 4.79 Å². The van der Waals surface area contributed by atoms with Gasteiger partial charge in [-0.15, -0.1) is 0 Å². The van der Waals surface area contributed by atoms with E-state index in [1.807, 2.05) is 6.92 Å². The van der Waals surface area contributed by atoms with E-state index >= 15 is 0 Å². The van der Waals surface area contributed by atoms with Crippen LogP contribution in [-0.2, 0) is 4.79 Å². The molecule has 4 N–H and O–H groups in total. The minimum Gasteiger partial charge on any atom is -0.330 e. The van der Waals surface area contributed by atoms with Crippen molar-refractivity contribution in [1.82, 2.24) is 5.48 Å². The molecule has 1 atom stereocenters. The van der Waals surface area contributed by atoms with Gasteiger partial charge in [0.15, 0.2) is 0 Å². The van der Waals surface area contributed by atoms with Gasteiger partial charge >= 0.3 is 0 Å². The number of hydroxylamine groups is 1. The Hall–Kier alpha value is -0.610. The summed E-state index contributed by atoms with van der Waals surface area (Å²) in [5.74, 6) is -0.657. The molecule has 0 aliphatic carbocycles. The predicted octanol–water partition coefficient (Wildman–Crippen LogP) is -0.523. The number of amides is 1. The van der Waals surface area contributed by atoms with Gasteiger partial charge in [0, 0.05) is 6.54 Å². The Bertz CT molecular complexity index is 91.0. The molecule has 0 radical (unpaired) electrons. The first kappa shape index (κ1) is 8.39. The number of carbonyl (C=O) groups is 1. The molecular formula is C5H12N2O2. The number of nitrogens with two attached hydrogens (primary N) is 1. The van der Waals surface area contributed by atoms with Gasteiger partial charge in [-0.3, -0.25) is 10.0 Å². The molecule has 1 unspecified atom stereocenters. The van der Waals surface area contributed by atoms with Crippen LogP contribution in [0.25, 0.3) is 0 Å². The third-order valence-corrected chi connectivity index (χ3v) is 1.26. The van der Waals surface area contributed by atoms with Crippen LogP contribution in [0.4, 0.5) is 0 Å². The number of hydrogen-bond acceptors (Lipinski definition) is 3. The third kappa shape index (κ3) is 2.43. The fourth-order valence-corrected chi connectivity index (χ4v) is 0.550. The van der Waals surface area contributed by atoms with Gasteiger partial charge in [0.1, 0.15) is 0 Å². The number of nitrogens with one attached hydrogen (secondary N) is 1. The summed E-state index contributed by atoms with van der Waals surface area (Å²) >= 11 is 0. The summed E-state index contributed by atoms with van der Waals surface area (Å²) < 4.78 is 0. The van der Waals surface area contributed by atoms with Crippen LogP contribution < -0.4 is 11.2 Å². The van der Waals surface area contributed by atoms with Crippen LogP contribution >= 0.6 is 0 Å². The highest BCUT2D eigenvalue weighted by Crippen LogP contribution is 1.97. The molecule has 0 aliphatic heterocycles. The molecule has 0 bridgehead atoms. The Kier molecular flexibility index (Phi) is 4.00. The van der Waals surface area contributed by atoms with Gasteiger partial charge in [-0.1, -0.05) is 6.92 Å². The zero-order chi connectivity index (χ0) is 7.28. The second-order valence-corrected chi connectivity index (χ2v) is 1.82. The van der Waals surface area contributed by atoms with Gasteiger partial charge in [-0.05, 0) is 6.42 Å². The van der Waals surface area contributed by atoms with Crippen LogP contribution in [-0.4, -0.2) is 17.7 Å². The smallest absolute Gasteiger partial charge is 0.247 e. The quantitative estimate of drug-likeness (QED) is 0.357. The molecule has 0 heterocycles. The maximum atomic E-state index is 10.5. The van der Waals surface area contributed by atoms with Crippen LogP contribution in [0.5, 0.6) is 0 Å². The molecule has 0 spiro atoms. The van der Waals surface area contributed by atoms with E-state index in [4.69, 9.17) is 10.9 Å². The van der Waals surface area contributed by atoms with Gasteiger partial charge in [-0.2, -0.15) is 0 Å². The molecular weight excluding hydrogens is 120 g/mol. The lowest BCUT2D eigenvalue weighted by Gasteiger charge is -2.07. The Morgan fingerprint density at radius 2 is 2.44 bits per heavy atom. The van der Waals surface area contributed by atoms with E-state index in [2.05, 4.69) is 0 Å². The zero-order valence-electron chi connectivity index (χ0n) is 5.42. The zero-order valence-corrected chi connectivity index (χ0v) is 5.42. The van der Waals surface area contributed by atoms with Crippen molar-refractivity contribution in [2.75, 3.05) is 6.54 Å². The van der Waals surface area contributed by atoms with Crippen molar-refractivity contribution < 1.29 is 10.0 Å². The first-order valence-electron chi connectivity index (χ1n) is 2.90. The van der Waals surface area contributed by atoms with Crippen molar-refractivity contribution in [3.63, 3.8) is 0 Å². The van der Waals surface area contributed by atoms with E-state index in [1.54, 1.807) is 5.48 Å². The summed E-state index contributed by atoms with van der Waals surface area (Å²) in [5.41, 5.74) is 6.74. The molecule has 0 rings (SSSR count). The molecule has 0 aliphatic rings. The minimum absolute atomic E-state index is 0.255. The van der Waals surface area contributed by atoms with Gasteiger partial charge < -0.3 is 5.73 Å². The summed E-state index contributed by atoms with van der Waals surface area (Å²) in [7, 11) is 0. The summed E-state index contributed by atoms with van der Waals surface area (Å²) in [6.45, 7) is 2.12. The first-order chi connectivity index (χ1) is 4.26. The molecule has 54 valence electrons. The van der Waals surface area contributed by atoms with Crippen LogP contribution in [0.1, 0.15) is 13.3 Å². The molecule has 0 saturated heterocycles. The van der Waals surface area contributed by atoms with Gasteiger partial charge in [-0.25, -0.2) is 5.48 Å². The number of rotatable bonds is 3. The lowest BCUT2D eigenvalue weighted by Crippen LogP contribution is -2.32. The van der Waals surface area contributed by atoms with Crippen molar-refractivity contribution >= 4 is 5.91 Å². The molecule has 4 heteroatoms. The van der Waals surface area contributed by atoms with Gasteiger partial charge in [0.05, 0.1) is 5.92 Å². The first-order valence-corrected chi connectivity index (χ1v) is 2.90. The van der Waals surface area contributed by atoms with Crippen LogP contribution in [0.2, 0.25) is 0 Å². The molecule has 0 aromatic heterocycles. The average Bonchev–Trinajstić information content (AvgIpc) is 1.90. The molecule has 0 fully saturated rings. The summed E-state index contributed by atoms with van der Waals surface area (Å²) in [4.78, 5) is 10.5. The van der Waals surface area contributed by atoms with E-state index in [0.29, 0.717) is 6.42 Å². The highest BCUT2D eigenvalue weighted by Gasteiger charge is 2.11. The molecule has 4 nitrogen and oxygen atoms in total. The van der Waals surface area contributed by atoms with Gasteiger partial charge in [0.2, 0.25) is 5.91 Å². The van der Waals surface area contributed by atoms with Crippen molar-refractivity contribution in [1.29, 1.82) is 0 Å². The fourth-order valence-electron chi connectivity index (χ4n) is 0.550. The van der Waals surface area contributed by atoms with Crippen molar-refractivity contribution in [3.05, 3.63) is 0 Å². The molecule has 9 heavy (non-hydrogen) atoms. The Morgan fingerprint density at radius 1 is 1.89 bits per heavy atom. The summed E-state index contributed by atoms with van der Waals surface area (Å²) in [5, 5.41) is 8.11. The van der Waals surface area contributed by atoms with Crippen LogP contribution in [0.15, 0.2) is 0 Å². The maximum absolute atomic E-state index is 10.5. The van der Waals surface area contributed by atoms with Gasteiger partial charge in [0.25, 0.3) is 0 Å². The topological polar surface area (TPSA) is 75.4 Å². The second kappa shape index (κ2) is 4.29. The Labute approximate surface area is 54.0 Å². The maximum Gasteiger partial charge on any atom is 0.247 e. The van der Waals surface area contributed by atoms with E-state index in [-0.39, 0.29) is 12.5 Å². The van der Waals surface area contributed by atoms with E-state index in [0.717, 1.165) is 0 Å². The van der Waals surface area contributed by atoms with Crippen LogP contribution in [0, 0.1) is 5.92 Å². The normalized spacial score (nSPS) is 12.8. The Balaban J connectivity index is 3.64. The fraction of sp³-hybridized carbons (Fsp3) is 0.800. The standard InChI is InChI=1S/C5H12N2O2/c1-2-4(3-6)5(8)7-9/h4,9H,2-3,6H2,1H3,(H,7,8). The molecule has 0 saturated carbocycles. The Morgan fingerprint density at radius 3 is 2.56 bits per heavy atom. The van der Waals surface area contributed by atoms with Crippen molar-refractivity contribution in [2.24, 2.45) is 11.7 Å². The number of carbonyl (C=O) groups excluding carboxylic acids is 1. The molecule has 1 amide bonds. The number of hydrogen-bond donors (Lipinski definition) is 3. The van der Waals surface area contributed by atoms with Crippen molar-refractivity contribution in [2.45, 2.75) is 13.3 Å².